The number of Topliss-reactive ketones (excluding diaryl/α,β-unsaturated/α-hetero) is 1. The van der Waals surface area contributed by atoms with E-state index in [1.54, 1.807) is 12.4 Å². The monoisotopic (exact) mass is 478 g/mol. The van der Waals surface area contributed by atoms with Crippen LogP contribution in [0.2, 0.25) is 0 Å². The molecule has 1 amide bonds. The summed E-state index contributed by atoms with van der Waals surface area (Å²) in [5, 5.41) is 9.28. The van der Waals surface area contributed by atoms with E-state index in [2.05, 4.69) is 25.1 Å². The molecule has 1 aliphatic heterocycles. The fourth-order valence-corrected chi connectivity index (χ4v) is 4.86. The number of carbonyl (C=O) groups is 2. The van der Waals surface area contributed by atoms with Gasteiger partial charge in [0.15, 0.2) is 5.65 Å². The molecule has 0 unspecified atom stereocenters. The van der Waals surface area contributed by atoms with Crippen molar-refractivity contribution in [2.75, 3.05) is 13.1 Å². The van der Waals surface area contributed by atoms with E-state index in [0.29, 0.717) is 24.1 Å². The Morgan fingerprint density at radius 2 is 1.81 bits per heavy atom. The van der Waals surface area contributed by atoms with Gasteiger partial charge in [-0.05, 0) is 43.2 Å². The lowest BCUT2D eigenvalue weighted by Crippen LogP contribution is -2.27. The summed E-state index contributed by atoms with van der Waals surface area (Å²) in [5.74, 6) is 0.253. The highest BCUT2D eigenvalue weighted by Crippen LogP contribution is 2.32. The zero-order chi connectivity index (χ0) is 24.6. The van der Waals surface area contributed by atoms with Gasteiger partial charge >= 0.3 is 0 Å². The molecule has 5 heterocycles. The molecule has 1 fully saturated rings. The zero-order valence-corrected chi connectivity index (χ0v) is 20.0. The maximum absolute atomic E-state index is 13.1. The highest BCUT2D eigenvalue weighted by atomic mass is 16.2. The molecule has 0 spiro atoms. The van der Waals surface area contributed by atoms with Gasteiger partial charge in [0.2, 0.25) is 0 Å². The Hall–Kier alpha value is -4.33. The lowest BCUT2D eigenvalue weighted by Gasteiger charge is -2.15. The number of aromatic nitrogens is 5. The molecule has 8 heteroatoms. The first-order valence-electron chi connectivity index (χ1n) is 12.3. The molecule has 1 aliphatic rings. The van der Waals surface area contributed by atoms with Gasteiger partial charge in [0, 0.05) is 77.0 Å². The van der Waals surface area contributed by atoms with Crippen LogP contribution in [0.4, 0.5) is 0 Å². The smallest absolute Gasteiger partial charge is 0.254 e. The lowest BCUT2D eigenvalue weighted by atomic mass is 10.1. The second-order valence-electron chi connectivity index (χ2n) is 9.25. The van der Waals surface area contributed by atoms with Crippen LogP contribution in [0.15, 0.2) is 54.9 Å². The number of nitrogens with one attached hydrogen (secondary N) is 2. The van der Waals surface area contributed by atoms with Crippen LogP contribution in [0.25, 0.3) is 44.5 Å². The van der Waals surface area contributed by atoms with Gasteiger partial charge in [0.25, 0.3) is 5.91 Å². The minimum atomic E-state index is 0.0821. The zero-order valence-electron chi connectivity index (χ0n) is 20.0. The third-order valence-electron chi connectivity index (χ3n) is 6.90. The van der Waals surface area contributed by atoms with Crippen LogP contribution in [0.5, 0.6) is 0 Å². The van der Waals surface area contributed by atoms with Gasteiger partial charge in [-0.1, -0.05) is 19.1 Å². The van der Waals surface area contributed by atoms with Crippen molar-refractivity contribution in [3.8, 4) is 22.5 Å². The third kappa shape index (κ3) is 3.94. The molecule has 5 aromatic rings. The van der Waals surface area contributed by atoms with Crippen molar-refractivity contribution in [3.05, 3.63) is 66.1 Å². The van der Waals surface area contributed by atoms with Crippen LogP contribution in [0.3, 0.4) is 0 Å². The van der Waals surface area contributed by atoms with Gasteiger partial charge in [-0.3, -0.25) is 19.7 Å². The summed E-state index contributed by atoms with van der Waals surface area (Å²) in [4.78, 5) is 39.2. The summed E-state index contributed by atoms with van der Waals surface area (Å²) < 4.78 is 0. The van der Waals surface area contributed by atoms with Crippen LogP contribution in [-0.2, 0) is 11.2 Å². The largest absolute Gasteiger partial charge is 0.353 e. The van der Waals surface area contributed by atoms with Gasteiger partial charge in [0.1, 0.15) is 5.78 Å². The van der Waals surface area contributed by atoms with E-state index < -0.39 is 0 Å². The molecule has 1 saturated heterocycles. The number of ketones is 1. The first kappa shape index (κ1) is 22.2. The van der Waals surface area contributed by atoms with E-state index in [9.17, 15) is 9.59 Å². The molecule has 180 valence electrons. The predicted molar refractivity (Wildman–Crippen MR) is 139 cm³/mol. The topological polar surface area (TPSA) is 108 Å². The number of rotatable bonds is 6. The second-order valence-corrected chi connectivity index (χ2v) is 9.25. The van der Waals surface area contributed by atoms with E-state index >= 15 is 0 Å². The number of nitrogens with zero attached hydrogens (tertiary/aromatic N) is 4. The molecule has 0 aliphatic carbocycles. The minimum Gasteiger partial charge on any atom is -0.353 e. The normalized spacial score (nSPS) is 13.6. The Morgan fingerprint density at radius 1 is 0.972 bits per heavy atom. The van der Waals surface area contributed by atoms with Crippen LogP contribution in [-0.4, -0.2) is 54.8 Å². The Balaban J connectivity index is 1.36. The number of likely N-dealkylation sites (tertiary alicyclic amines) is 1. The predicted octanol–water partition coefficient (Wildman–Crippen LogP) is 4.93. The molecular formula is C28H26N6O2. The summed E-state index contributed by atoms with van der Waals surface area (Å²) in [7, 11) is 0. The number of benzene rings is 1. The Kier molecular flexibility index (Phi) is 5.56. The molecular weight excluding hydrogens is 452 g/mol. The van der Waals surface area contributed by atoms with Crippen molar-refractivity contribution in [2.24, 2.45) is 0 Å². The number of hydrogen-bond donors (Lipinski definition) is 2. The molecule has 4 aromatic heterocycles. The lowest BCUT2D eigenvalue weighted by molar-refractivity contribution is -0.118. The minimum absolute atomic E-state index is 0.0821. The number of pyridine rings is 2. The average Bonchev–Trinajstić information content (AvgIpc) is 3.67. The van der Waals surface area contributed by atoms with E-state index in [1.165, 1.54) is 0 Å². The quantitative estimate of drug-likeness (QED) is 0.360. The van der Waals surface area contributed by atoms with Crippen LogP contribution < -0.4 is 0 Å². The highest BCUT2D eigenvalue weighted by Gasteiger charge is 2.22. The van der Waals surface area contributed by atoms with Gasteiger partial charge < -0.3 is 9.88 Å². The maximum Gasteiger partial charge on any atom is 0.254 e. The average molecular weight is 479 g/mol. The molecule has 2 N–H and O–H groups in total. The first-order valence-corrected chi connectivity index (χ1v) is 12.3. The molecule has 6 rings (SSSR count). The summed E-state index contributed by atoms with van der Waals surface area (Å²) >= 11 is 0. The number of fused-ring (bicyclic) bond motifs is 2. The summed E-state index contributed by atoms with van der Waals surface area (Å²) in [5.41, 5.74) is 6.48. The maximum atomic E-state index is 13.1. The van der Waals surface area contributed by atoms with Crippen molar-refractivity contribution in [3.63, 3.8) is 0 Å². The van der Waals surface area contributed by atoms with Gasteiger partial charge in [0.05, 0.1) is 11.4 Å². The Bertz CT molecular complexity index is 1590. The molecule has 1 aromatic carbocycles. The SMILES string of the molecule is CCC(=O)Cc1ccc(-c2cnc3n[nH]c(-c4cc5c(C(=O)N6CCCC6)cccc5[nH]4)c3c2)cn1. The van der Waals surface area contributed by atoms with E-state index in [-0.39, 0.29) is 11.7 Å². The van der Waals surface area contributed by atoms with Crippen molar-refractivity contribution >= 4 is 33.6 Å². The van der Waals surface area contributed by atoms with Crippen LogP contribution in [0.1, 0.15) is 42.2 Å². The fourth-order valence-electron chi connectivity index (χ4n) is 4.86. The van der Waals surface area contributed by atoms with Gasteiger partial charge in [-0.25, -0.2) is 4.98 Å². The number of amides is 1. The molecule has 0 bridgehead atoms. The summed E-state index contributed by atoms with van der Waals surface area (Å²) in [6, 6.07) is 13.7. The fraction of sp³-hybridized carbons (Fsp3) is 0.250. The third-order valence-corrected chi connectivity index (χ3v) is 6.90. The Labute approximate surface area is 207 Å². The molecule has 8 nitrogen and oxygen atoms in total. The Morgan fingerprint density at radius 3 is 2.58 bits per heavy atom. The molecule has 36 heavy (non-hydrogen) atoms. The first-order chi connectivity index (χ1) is 17.6. The summed E-state index contributed by atoms with van der Waals surface area (Å²) in [6.45, 7) is 3.49. The molecule has 0 saturated carbocycles. The van der Waals surface area contributed by atoms with E-state index in [1.807, 2.05) is 54.3 Å². The van der Waals surface area contributed by atoms with Crippen molar-refractivity contribution < 1.29 is 9.59 Å². The number of carbonyl (C=O) groups excluding carboxylic acids is 2. The number of hydrogen-bond acceptors (Lipinski definition) is 5. The van der Waals surface area contributed by atoms with Crippen LogP contribution >= 0.6 is 0 Å². The standard InChI is InChI=1S/C28H26N6O2/c1-2-20(35)13-19-9-8-17(15-29-19)18-12-23-26(32-33-27(23)30-16-18)25-14-22-21(6-5-7-24(22)31-25)28(36)34-10-3-4-11-34/h5-9,12,14-16,31H,2-4,10-11,13H2,1H3,(H,30,32,33). The van der Waals surface area contributed by atoms with Crippen molar-refractivity contribution in [1.82, 2.24) is 30.0 Å². The highest BCUT2D eigenvalue weighted by molar-refractivity contribution is 6.08. The summed E-state index contributed by atoms with van der Waals surface area (Å²) in [6.07, 6.45) is 6.53. The second kappa shape index (κ2) is 9.03. The number of H-pyrrole nitrogens is 2. The van der Waals surface area contributed by atoms with Crippen LogP contribution in [0, 0.1) is 0 Å². The van der Waals surface area contributed by atoms with Gasteiger partial charge in [-0.2, -0.15) is 5.10 Å². The molecule has 0 atom stereocenters. The van der Waals surface area contributed by atoms with E-state index in [4.69, 9.17) is 0 Å². The van der Waals surface area contributed by atoms with E-state index in [0.717, 1.165) is 70.4 Å². The molecule has 0 radical (unpaired) electrons. The number of aromatic amines is 2. The van der Waals surface area contributed by atoms with Gasteiger partial charge in [-0.15, -0.1) is 0 Å². The van der Waals surface area contributed by atoms with Crippen molar-refractivity contribution in [1.29, 1.82) is 0 Å². The van der Waals surface area contributed by atoms with Crippen molar-refractivity contribution in [2.45, 2.75) is 32.6 Å².